The molecule has 77 heavy (non-hydrogen) atoms. The minimum absolute atomic E-state index is 0.0369. The Morgan fingerprint density at radius 2 is 1.64 bits per heavy atom. The van der Waals surface area contributed by atoms with Gasteiger partial charge in [0.2, 0.25) is 34.7 Å². The third-order valence-electron chi connectivity index (χ3n) is 15.8. The van der Waals surface area contributed by atoms with Crippen LogP contribution in [0.25, 0.3) is 27.5 Å². The number of fused-ring (bicyclic) bond motifs is 2. The van der Waals surface area contributed by atoms with Crippen molar-refractivity contribution in [2.45, 2.75) is 153 Å². The maximum absolute atomic E-state index is 14.7. The van der Waals surface area contributed by atoms with Crippen molar-refractivity contribution >= 4 is 57.2 Å². The molecule has 5 amide bonds. The first-order valence-corrected chi connectivity index (χ1v) is 28.7. The Balaban J connectivity index is 0.736. The number of aromatic nitrogens is 5. The second-order valence-electron chi connectivity index (χ2n) is 21.6. The monoisotopic (exact) mass is 1070 g/mol. The first kappa shape index (κ1) is 54.8. The summed E-state index contributed by atoms with van der Waals surface area (Å²) in [5.74, 6) is -0.787. The van der Waals surface area contributed by atoms with E-state index in [9.17, 15) is 29.2 Å². The second kappa shape index (κ2) is 25.4. The molecule has 1 saturated carbocycles. The molecule has 408 valence electrons. The number of hydrogen-bond donors (Lipinski definition) is 5. The van der Waals surface area contributed by atoms with Crippen LogP contribution in [0.15, 0.2) is 60.9 Å². The van der Waals surface area contributed by atoms with Crippen LogP contribution in [-0.4, -0.2) is 134 Å². The molecule has 3 fully saturated rings. The zero-order chi connectivity index (χ0) is 54.0. The highest BCUT2D eigenvalue weighted by Gasteiger charge is 2.45. The largest absolute Gasteiger partial charge is 0.382 e. The second-order valence-corrected chi connectivity index (χ2v) is 22.5. The molecular weight excluding hydrogens is 993 g/mol. The molecule has 2 saturated heterocycles. The molecule has 0 radical (unpaired) electrons. The molecule has 4 aromatic heterocycles. The number of amides is 5. The Labute approximate surface area is 455 Å². The van der Waals surface area contributed by atoms with Gasteiger partial charge in [0.15, 0.2) is 5.01 Å². The average molecular weight is 1070 g/mol. The van der Waals surface area contributed by atoms with E-state index in [1.54, 1.807) is 35.6 Å². The predicted molar refractivity (Wildman–Crippen MR) is 297 cm³/mol. The van der Waals surface area contributed by atoms with Crippen molar-refractivity contribution in [2.75, 3.05) is 50.0 Å². The van der Waals surface area contributed by atoms with Gasteiger partial charge in [-0.3, -0.25) is 29.0 Å². The topological polar surface area (TPSA) is 235 Å². The number of likely N-dealkylation sites (tertiary alicyclic amines) is 1. The molecule has 2 unspecified atom stereocenters. The normalized spacial score (nSPS) is 19.6. The van der Waals surface area contributed by atoms with Gasteiger partial charge in [0.1, 0.15) is 18.2 Å². The number of unbranched alkanes of at least 4 members (excludes halogenated alkanes) is 3. The zero-order valence-corrected chi connectivity index (χ0v) is 45.7. The zero-order valence-electron chi connectivity index (χ0n) is 44.9. The first-order valence-electron chi connectivity index (χ1n) is 27.8. The Hall–Kier alpha value is -6.98. The molecule has 20 heteroatoms. The molecule has 5 N–H and O–H groups in total. The van der Waals surface area contributed by atoms with Gasteiger partial charge in [-0.05, 0) is 120 Å². The highest BCUT2D eigenvalue weighted by molar-refractivity contribution is 7.18. The smallest absolute Gasteiger partial charge is 0.246 e. The van der Waals surface area contributed by atoms with Crippen LogP contribution < -0.4 is 31.5 Å². The van der Waals surface area contributed by atoms with Crippen molar-refractivity contribution in [3.05, 3.63) is 77.6 Å². The van der Waals surface area contributed by atoms with E-state index >= 15 is 0 Å². The maximum atomic E-state index is 14.7. The van der Waals surface area contributed by atoms with Crippen LogP contribution in [0.4, 0.5) is 10.8 Å². The number of nitrogens with zero attached hydrogens (tertiary/aromatic N) is 9. The molecule has 4 aliphatic rings. The number of likely N-dealkylation sites (N-methyl/N-ethyl adjacent to an activating group) is 1. The van der Waals surface area contributed by atoms with Crippen LogP contribution in [0.5, 0.6) is 0 Å². The number of hydrogen-bond acceptors (Lipinski definition) is 14. The van der Waals surface area contributed by atoms with Gasteiger partial charge in [-0.2, -0.15) is 10.4 Å². The molecule has 2 aliphatic heterocycles. The third kappa shape index (κ3) is 13.2. The third-order valence-corrected chi connectivity index (χ3v) is 16.8. The Bertz CT molecular complexity index is 2940. The van der Waals surface area contributed by atoms with Crippen molar-refractivity contribution in [2.24, 2.45) is 5.92 Å². The number of anilines is 2. The minimum atomic E-state index is -0.795. The van der Waals surface area contributed by atoms with E-state index < -0.39 is 24.2 Å². The quantitative estimate of drug-likeness (QED) is 0.0521. The number of carbonyl (C=O) groups is 5. The lowest BCUT2D eigenvalue weighted by Gasteiger charge is -2.35. The molecule has 5 aromatic rings. The van der Waals surface area contributed by atoms with Gasteiger partial charge in [-0.25, -0.2) is 4.52 Å². The summed E-state index contributed by atoms with van der Waals surface area (Å²) in [7, 11) is 1.71. The van der Waals surface area contributed by atoms with Crippen molar-refractivity contribution < 1.29 is 24.0 Å². The fourth-order valence-corrected chi connectivity index (χ4v) is 12.4. The van der Waals surface area contributed by atoms with Gasteiger partial charge in [-0.15, -0.1) is 10.2 Å². The van der Waals surface area contributed by atoms with E-state index in [0.717, 1.165) is 114 Å². The number of pyridine rings is 1. The molecule has 19 nitrogen and oxygen atoms in total. The molecule has 1 aromatic carbocycles. The number of nitriles is 1. The minimum Gasteiger partial charge on any atom is -0.382 e. The SMILES string of the molecule is CNC(C)C(=O)NC(C(=O)N1C[C@@H](NC(=O)CCCCCCC(=O)N2CCN(c3nnc(-c4cnc(-c5ccc6cc(C#N)cnn56)cc4NC(C)C)s3)CC2)C[C@H]1C(=O)N[C@@H]1CCCc2ccccc21)C1CCCCC1. The molecule has 5 atom stereocenters. The standard InChI is InChI=1S/C57H74N14O5S/c1-36(2)62-46-31-47(48-24-23-42-29-38(32-58)33-61-71(42)48)60-34-44(46)55-66-67-57(77-55)69-27-25-68(26-28-69)51(73)22-11-6-5-10-21-50(72)63-41-30-49(54(75)64-45-20-14-18-39-15-12-13-19-43(39)45)70(35-41)56(76)52(40-16-8-7-9-17-40)65-53(74)37(3)59-4/h12-13,15,19,23-24,29,31,33-34,36-37,40-41,45,49,52,59H,5-11,14,16-18,20-22,25-28,30,35H2,1-4H3,(H,60,62)(H,63,72)(H,64,75)(H,65,74)/t37?,41-,45+,49-,52?/m0/s1. The number of benzene rings is 1. The lowest BCUT2D eigenvalue weighted by atomic mass is 9.83. The summed E-state index contributed by atoms with van der Waals surface area (Å²) in [6.45, 7) is 8.57. The van der Waals surface area contributed by atoms with Gasteiger partial charge < -0.3 is 41.3 Å². The van der Waals surface area contributed by atoms with Crippen molar-refractivity contribution in [3.8, 4) is 28.0 Å². The molecule has 0 bridgehead atoms. The van der Waals surface area contributed by atoms with E-state index in [0.29, 0.717) is 51.0 Å². The first-order chi connectivity index (χ1) is 37.4. The van der Waals surface area contributed by atoms with E-state index in [2.05, 4.69) is 78.8 Å². The van der Waals surface area contributed by atoms with Gasteiger partial charge >= 0.3 is 0 Å². The van der Waals surface area contributed by atoms with Crippen LogP contribution in [0.1, 0.15) is 133 Å². The van der Waals surface area contributed by atoms with Gasteiger partial charge in [-0.1, -0.05) is 67.7 Å². The van der Waals surface area contributed by atoms with E-state index in [4.69, 9.17) is 4.98 Å². The highest BCUT2D eigenvalue weighted by atomic mass is 32.1. The molecule has 9 rings (SSSR count). The predicted octanol–water partition coefficient (Wildman–Crippen LogP) is 6.55. The molecular formula is C57H74N14O5S. The fraction of sp³-hybridized carbons (Fsp3) is 0.544. The van der Waals surface area contributed by atoms with Crippen LogP contribution >= 0.6 is 11.3 Å². The van der Waals surface area contributed by atoms with Gasteiger partial charge in [0, 0.05) is 69.5 Å². The summed E-state index contributed by atoms with van der Waals surface area (Å²) in [5.41, 5.74) is 6.88. The van der Waals surface area contributed by atoms with Gasteiger partial charge in [0.05, 0.1) is 46.3 Å². The van der Waals surface area contributed by atoms with Crippen LogP contribution in [-0.2, 0) is 30.4 Å². The summed E-state index contributed by atoms with van der Waals surface area (Å²) < 4.78 is 1.78. The maximum Gasteiger partial charge on any atom is 0.246 e. The summed E-state index contributed by atoms with van der Waals surface area (Å²) in [6.07, 6.45) is 14.8. The Morgan fingerprint density at radius 1 is 0.857 bits per heavy atom. The van der Waals surface area contributed by atoms with Crippen LogP contribution in [0.2, 0.25) is 0 Å². The number of piperazine rings is 1. The molecule has 0 spiro atoms. The summed E-state index contributed by atoms with van der Waals surface area (Å²) >= 11 is 1.50. The summed E-state index contributed by atoms with van der Waals surface area (Å²) in [5, 5.41) is 40.5. The number of nitrogens with one attached hydrogen (secondary N) is 5. The number of aryl methyl sites for hydroxylation is 1. The van der Waals surface area contributed by atoms with Gasteiger partial charge in [0.25, 0.3) is 0 Å². The number of carbonyl (C=O) groups excluding carboxylic acids is 5. The lowest BCUT2D eigenvalue weighted by molar-refractivity contribution is -0.143. The van der Waals surface area contributed by atoms with Crippen molar-refractivity contribution in [1.29, 1.82) is 5.26 Å². The van der Waals surface area contributed by atoms with Crippen LogP contribution in [0, 0.1) is 17.2 Å². The fourth-order valence-electron chi connectivity index (χ4n) is 11.5. The average Bonchev–Trinajstić information content (AvgIpc) is 4.26. The van der Waals surface area contributed by atoms with Crippen molar-refractivity contribution in [3.63, 3.8) is 0 Å². The number of rotatable bonds is 20. The summed E-state index contributed by atoms with van der Waals surface area (Å²) in [6, 6.07) is 15.5. The lowest BCUT2D eigenvalue weighted by Crippen LogP contribution is -2.58. The summed E-state index contributed by atoms with van der Waals surface area (Å²) in [4.78, 5) is 79.7. The van der Waals surface area contributed by atoms with E-state index in [1.165, 1.54) is 16.9 Å². The Kier molecular flexibility index (Phi) is 18.1. The molecule has 2 aliphatic carbocycles. The van der Waals surface area contributed by atoms with Crippen molar-refractivity contribution in [1.82, 2.24) is 55.9 Å². The van der Waals surface area contributed by atoms with Crippen LogP contribution in [0.3, 0.4) is 0 Å². The highest BCUT2D eigenvalue weighted by Crippen LogP contribution is 2.37. The van der Waals surface area contributed by atoms with E-state index in [-0.39, 0.29) is 60.5 Å². The Morgan fingerprint density at radius 3 is 2.40 bits per heavy atom. The molecule has 6 heterocycles. The van der Waals surface area contributed by atoms with E-state index in [1.807, 2.05) is 41.4 Å².